The molecule has 0 spiro atoms. The van der Waals surface area contributed by atoms with E-state index in [1.807, 2.05) is 12.4 Å². The Bertz CT molecular complexity index is 276. The average Bonchev–Trinajstić information content (AvgIpc) is 2.21. The van der Waals surface area contributed by atoms with Gasteiger partial charge in [-0.3, -0.25) is 4.98 Å². The van der Waals surface area contributed by atoms with Gasteiger partial charge in [0.05, 0.1) is 0 Å². The molecule has 0 aliphatic carbocycles. The van der Waals surface area contributed by atoms with Gasteiger partial charge in [-0.1, -0.05) is 0 Å². The number of aryl methyl sites for hydroxylation is 1. The second-order valence-electron chi connectivity index (χ2n) is 3.28. The van der Waals surface area contributed by atoms with Gasteiger partial charge in [-0.25, -0.2) is 0 Å². The standard InChI is InChI=1S/C11H17ClN2/c1-3-14(8-4-6-12)11-5-7-13-9-10(11)2/h5,7,9H,3-4,6,8H2,1-2H3. The summed E-state index contributed by atoms with van der Waals surface area (Å²) < 4.78 is 0. The maximum atomic E-state index is 5.69. The number of alkyl halides is 1. The monoisotopic (exact) mass is 212 g/mol. The van der Waals surface area contributed by atoms with Gasteiger partial charge in [-0.05, 0) is 31.9 Å². The number of anilines is 1. The van der Waals surface area contributed by atoms with Crippen molar-refractivity contribution in [1.82, 2.24) is 4.98 Å². The van der Waals surface area contributed by atoms with Crippen molar-refractivity contribution in [3.05, 3.63) is 24.0 Å². The first-order chi connectivity index (χ1) is 6.79. The van der Waals surface area contributed by atoms with Crippen molar-refractivity contribution in [2.45, 2.75) is 20.3 Å². The highest BCUT2D eigenvalue weighted by Crippen LogP contribution is 2.17. The van der Waals surface area contributed by atoms with Crippen LogP contribution in [0, 0.1) is 6.92 Å². The molecule has 1 aromatic heterocycles. The number of rotatable bonds is 5. The molecule has 2 nitrogen and oxygen atoms in total. The van der Waals surface area contributed by atoms with Crippen LogP contribution < -0.4 is 4.90 Å². The van der Waals surface area contributed by atoms with Crippen LogP contribution in [0.2, 0.25) is 0 Å². The van der Waals surface area contributed by atoms with Crippen molar-refractivity contribution < 1.29 is 0 Å². The van der Waals surface area contributed by atoms with Gasteiger partial charge in [0, 0.05) is 37.1 Å². The van der Waals surface area contributed by atoms with Crippen molar-refractivity contribution in [2.75, 3.05) is 23.9 Å². The summed E-state index contributed by atoms with van der Waals surface area (Å²) in [5.41, 5.74) is 2.50. The lowest BCUT2D eigenvalue weighted by atomic mass is 10.2. The van der Waals surface area contributed by atoms with Gasteiger partial charge < -0.3 is 4.90 Å². The molecule has 0 saturated carbocycles. The summed E-state index contributed by atoms with van der Waals surface area (Å²) >= 11 is 5.69. The van der Waals surface area contributed by atoms with Crippen LogP contribution >= 0.6 is 11.6 Å². The third-order valence-corrected chi connectivity index (χ3v) is 2.54. The highest BCUT2D eigenvalue weighted by molar-refractivity contribution is 6.17. The molecule has 78 valence electrons. The van der Waals surface area contributed by atoms with Crippen LogP contribution in [0.1, 0.15) is 18.9 Å². The van der Waals surface area contributed by atoms with Gasteiger partial charge >= 0.3 is 0 Å². The fourth-order valence-electron chi connectivity index (χ4n) is 1.52. The molecule has 0 radical (unpaired) electrons. The summed E-state index contributed by atoms with van der Waals surface area (Å²) in [4.78, 5) is 6.42. The number of hydrogen-bond acceptors (Lipinski definition) is 2. The second kappa shape index (κ2) is 5.86. The molecule has 0 atom stereocenters. The van der Waals surface area contributed by atoms with E-state index in [0.717, 1.165) is 25.4 Å². The third-order valence-electron chi connectivity index (χ3n) is 2.27. The Morgan fingerprint density at radius 3 is 2.86 bits per heavy atom. The molecule has 1 rings (SSSR count). The molecular formula is C11H17ClN2. The Kier molecular flexibility index (Phi) is 4.74. The minimum atomic E-state index is 0.723. The van der Waals surface area contributed by atoms with Crippen LogP contribution in [0.3, 0.4) is 0 Å². The van der Waals surface area contributed by atoms with Crippen molar-refractivity contribution >= 4 is 17.3 Å². The number of nitrogens with zero attached hydrogens (tertiary/aromatic N) is 2. The van der Waals surface area contributed by atoms with Crippen molar-refractivity contribution in [2.24, 2.45) is 0 Å². The molecule has 0 amide bonds. The number of aromatic nitrogens is 1. The highest BCUT2D eigenvalue weighted by Gasteiger charge is 2.05. The van der Waals surface area contributed by atoms with Crippen LogP contribution in [0.25, 0.3) is 0 Å². The lowest BCUT2D eigenvalue weighted by Gasteiger charge is -2.24. The van der Waals surface area contributed by atoms with Gasteiger partial charge in [0.2, 0.25) is 0 Å². The SMILES string of the molecule is CCN(CCCCl)c1ccncc1C. The number of halogens is 1. The van der Waals surface area contributed by atoms with E-state index >= 15 is 0 Å². The topological polar surface area (TPSA) is 16.1 Å². The van der Waals surface area contributed by atoms with Gasteiger partial charge in [0.1, 0.15) is 0 Å². The second-order valence-corrected chi connectivity index (χ2v) is 3.66. The maximum absolute atomic E-state index is 5.69. The molecule has 0 N–H and O–H groups in total. The van der Waals surface area contributed by atoms with E-state index in [0.29, 0.717) is 0 Å². The van der Waals surface area contributed by atoms with Crippen LogP contribution in [0.15, 0.2) is 18.5 Å². The zero-order valence-electron chi connectivity index (χ0n) is 8.83. The normalized spacial score (nSPS) is 10.2. The van der Waals surface area contributed by atoms with Crippen LogP contribution in [-0.4, -0.2) is 24.0 Å². The molecule has 0 fully saturated rings. The summed E-state index contributed by atoms with van der Waals surface area (Å²) in [6.07, 6.45) is 4.77. The smallest absolute Gasteiger partial charge is 0.0426 e. The zero-order valence-corrected chi connectivity index (χ0v) is 9.59. The predicted octanol–water partition coefficient (Wildman–Crippen LogP) is 2.85. The van der Waals surface area contributed by atoms with E-state index < -0.39 is 0 Å². The first kappa shape index (κ1) is 11.3. The summed E-state index contributed by atoms with van der Waals surface area (Å²) in [6, 6.07) is 2.06. The molecule has 14 heavy (non-hydrogen) atoms. The average molecular weight is 213 g/mol. The quantitative estimate of drug-likeness (QED) is 0.698. The van der Waals surface area contributed by atoms with Crippen LogP contribution in [-0.2, 0) is 0 Å². The van der Waals surface area contributed by atoms with E-state index in [-0.39, 0.29) is 0 Å². The van der Waals surface area contributed by atoms with Crippen molar-refractivity contribution in [3.8, 4) is 0 Å². The molecule has 0 aliphatic heterocycles. The number of pyridine rings is 1. The van der Waals surface area contributed by atoms with Gasteiger partial charge in [-0.2, -0.15) is 0 Å². The van der Waals surface area contributed by atoms with Crippen LogP contribution in [0.4, 0.5) is 5.69 Å². The molecule has 1 heterocycles. The molecule has 0 aliphatic rings. The Balaban J connectivity index is 2.73. The molecule has 0 aromatic carbocycles. The largest absolute Gasteiger partial charge is 0.371 e. The van der Waals surface area contributed by atoms with Crippen molar-refractivity contribution in [1.29, 1.82) is 0 Å². The van der Waals surface area contributed by atoms with Crippen molar-refractivity contribution in [3.63, 3.8) is 0 Å². The fourth-order valence-corrected chi connectivity index (χ4v) is 1.64. The molecule has 0 unspecified atom stereocenters. The van der Waals surface area contributed by atoms with E-state index in [1.54, 1.807) is 0 Å². The first-order valence-corrected chi connectivity index (χ1v) is 5.54. The summed E-state index contributed by atoms with van der Waals surface area (Å²) in [5, 5.41) is 0. The lowest BCUT2D eigenvalue weighted by molar-refractivity contribution is 0.791. The van der Waals surface area contributed by atoms with E-state index in [4.69, 9.17) is 11.6 Å². The van der Waals surface area contributed by atoms with Gasteiger partial charge in [0.25, 0.3) is 0 Å². The summed E-state index contributed by atoms with van der Waals surface area (Å²) in [5.74, 6) is 0.723. The zero-order chi connectivity index (χ0) is 10.4. The lowest BCUT2D eigenvalue weighted by Crippen LogP contribution is -2.24. The molecule has 3 heteroatoms. The van der Waals surface area contributed by atoms with Gasteiger partial charge in [0.15, 0.2) is 0 Å². The fraction of sp³-hybridized carbons (Fsp3) is 0.545. The molecular weight excluding hydrogens is 196 g/mol. The van der Waals surface area contributed by atoms with Crippen LogP contribution in [0.5, 0.6) is 0 Å². The minimum absolute atomic E-state index is 0.723. The molecule has 0 saturated heterocycles. The van der Waals surface area contributed by atoms with E-state index in [1.165, 1.54) is 11.3 Å². The first-order valence-electron chi connectivity index (χ1n) is 5.01. The predicted molar refractivity (Wildman–Crippen MR) is 62.2 cm³/mol. The molecule has 1 aromatic rings. The molecule has 0 bridgehead atoms. The maximum Gasteiger partial charge on any atom is 0.0426 e. The number of hydrogen-bond donors (Lipinski definition) is 0. The third kappa shape index (κ3) is 2.88. The Labute approximate surface area is 90.9 Å². The van der Waals surface area contributed by atoms with E-state index in [2.05, 4.69) is 29.8 Å². The van der Waals surface area contributed by atoms with Gasteiger partial charge in [-0.15, -0.1) is 11.6 Å². The van der Waals surface area contributed by atoms with E-state index in [9.17, 15) is 0 Å². The Morgan fingerprint density at radius 2 is 2.29 bits per heavy atom. The highest BCUT2D eigenvalue weighted by atomic mass is 35.5. The Hall–Kier alpha value is -0.760. The minimum Gasteiger partial charge on any atom is -0.371 e. The summed E-state index contributed by atoms with van der Waals surface area (Å²) in [6.45, 7) is 6.28. The Morgan fingerprint density at radius 1 is 1.50 bits per heavy atom. The summed E-state index contributed by atoms with van der Waals surface area (Å²) in [7, 11) is 0.